The van der Waals surface area contributed by atoms with Gasteiger partial charge in [-0.3, -0.25) is 4.79 Å². The first-order chi connectivity index (χ1) is 17.7. The number of fused-ring (bicyclic) bond motifs is 1. The number of ether oxygens (including phenoxy) is 1. The summed E-state index contributed by atoms with van der Waals surface area (Å²) in [6, 6.07) is 20.0. The van der Waals surface area contributed by atoms with Gasteiger partial charge in [0.1, 0.15) is 11.8 Å². The number of para-hydroxylation sites is 2. The fourth-order valence-electron chi connectivity index (χ4n) is 4.91. The van der Waals surface area contributed by atoms with Crippen LogP contribution in [0.1, 0.15) is 49.3 Å². The van der Waals surface area contributed by atoms with Crippen LogP contribution in [0.4, 0.5) is 5.82 Å². The lowest BCUT2D eigenvalue weighted by Gasteiger charge is -2.35. The average molecular weight is 482 g/mol. The highest BCUT2D eigenvalue weighted by Crippen LogP contribution is 2.30. The first-order valence-electron chi connectivity index (χ1n) is 12.8. The summed E-state index contributed by atoms with van der Waals surface area (Å²) in [7, 11) is 0. The Morgan fingerprint density at radius 2 is 1.61 bits per heavy atom. The van der Waals surface area contributed by atoms with E-state index in [0.29, 0.717) is 17.0 Å². The summed E-state index contributed by atoms with van der Waals surface area (Å²) in [6.45, 7) is 3.05. The number of carbonyl (C=O) groups is 1. The maximum absolute atomic E-state index is 13.1. The van der Waals surface area contributed by atoms with Gasteiger partial charge in [-0.25, -0.2) is 9.97 Å². The van der Waals surface area contributed by atoms with Crippen molar-refractivity contribution in [3.63, 3.8) is 0 Å². The lowest BCUT2D eigenvalue weighted by molar-refractivity contribution is -0.150. The molecular formula is C29H31N5O2. The van der Waals surface area contributed by atoms with Crippen molar-refractivity contribution in [2.45, 2.75) is 44.1 Å². The van der Waals surface area contributed by atoms with E-state index in [1.54, 1.807) is 0 Å². The quantitative estimate of drug-likeness (QED) is 0.463. The van der Waals surface area contributed by atoms with Gasteiger partial charge in [0.2, 0.25) is 0 Å². The average Bonchev–Trinajstić information content (AvgIpc) is 2.93. The fraction of sp³-hybridized carbons (Fsp3) is 0.379. The van der Waals surface area contributed by atoms with E-state index in [-0.39, 0.29) is 6.10 Å². The molecule has 1 aromatic heterocycles. The zero-order chi connectivity index (χ0) is 24.7. The summed E-state index contributed by atoms with van der Waals surface area (Å²) in [6.07, 6.45) is 9.13. The molecule has 0 spiro atoms. The second-order valence-corrected chi connectivity index (χ2v) is 9.43. The summed E-state index contributed by atoms with van der Waals surface area (Å²) >= 11 is 0. The minimum atomic E-state index is -1.10. The Balaban J connectivity index is 1.37. The van der Waals surface area contributed by atoms with Crippen molar-refractivity contribution in [2.24, 2.45) is 0 Å². The van der Waals surface area contributed by atoms with Gasteiger partial charge >= 0.3 is 5.97 Å². The molecule has 5 rings (SSSR count). The first-order valence-corrected chi connectivity index (χ1v) is 12.8. The molecule has 2 aliphatic rings. The highest BCUT2D eigenvalue weighted by Gasteiger charge is 2.32. The number of benzene rings is 2. The Labute approximate surface area is 212 Å². The fourth-order valence-corrected chi connectivity index (χ4v) is 4.91. The van der Waals surface area contributed by atoms with Crippen LogP contribution in [0.3, 0.4) is 0 Å². The molecule has 2 fully saturated rings. The van der Waals surface area contributed by atoms with E-state index in [1.165, 1.54) is 6.42 Å². The highest BCUT2D eigenvalue weighted by molar-refractivity contribution is 5.85. The molecule has 1 saturated carbocycles. The largest absolute Gasteiger partial charge is 0.461 e. The second kappa shape index (κ2) is 11.2. The third-order valence-electron chi connectivity index (χ3n) is 6.94. The van der Waals surface area contributed by atoms with E-state index in [0.717, 1.165) is 62.9 Å². The Morgan fingerprint density at radius 3 is 2.31 bits per heavy atom. The van der Waals surface area contributed by atoms with Crippen molar-refractivity contribution in [3.8, 4) is 6.07 Å². The minimum Gasteiger partial charge on any atom is -0.461 e. The number of carbonyl (C=O) groups excluding carboxylic acids is 1. The van der Waals surface area contributed by atoms with Crippen LogP contribution >= 0.6 is 0 Å². The van der Waals surface area contributed by atoms with E-state index < -0.39 is 11.9 Å². The summed E-state index contributed by atoms with van der Waals surface area (Å²) in [5.74, 6) is -1.01. The Hall–Kier alpha value is -3.92. The number of nitrogens with zero attached hydrogens (tertiary/aromatic N) is 5. The topological polar surface area (TPSA) is 82.3 Å². The summed E-state index contributed by atoms with van der Waals surface area (Å²) in [5, 5.41) is 10.0. The van der Waals surface area contributed by atoms with Crippen molar-refractivity contribution in [1.29, 1.82) is 5.26 Å². The lowest BCUT2D eigenvalue weighted by Crippen LogP contribution is -2.45. The van der Waals surface area contributed by atoms with E-state index in [4.69, 9.17) is 14.7 Å². The second-order valence-electron chi connectivity index (χ2n) is 9.43. The van der Waals surface area contributed by atoms with Crippen molar-refractivity contribution in [1.82, 2.24) is 14.9 Å². The molecular weight excluding hydrogens is 450 g/mol. The number of aromatic nitrogens is 2. The van der Waals surface area contributed by atoms with Gasteiger partial charge in [0, 0.05) is 26.2 Å². The molecule has 1 saturated heterocycles. The molecule has 3 aromatic rings. The molecule has 0 radical (unpaired) electrons. The predicted octanol–water partition coefficient (Wildman–Crippen LogP) is 4.91. The predicted molar refractivity (Wildman–Crippen MR) is 140 cm³/mol. The van der Waals surface area contributed by atoms with Crippen LogP contribution in [0.15, 0.2) is 60.8 Å². The van der Waals surface area contributed by atoms with Crippen LogP contribution in [0.5, 0.6) is 0 Å². The number of rotatable bonds is 6. The summed E-state index contributed by atoms with van der Waals surface area (Å²) in [4.78, 5) is 27.2. The van der Waals surface area contributed by atoms with Crippen molar-refractivity contribution in [2.75, 3.05) is 31.1 Å². The van der Waals surface area contributed by atoms with Gasteiger partial charge in [-0.2, -0.15) is 5.26 Å². The highest BCUT2D eigenvalue weighted by atomic mass is 16.5. The normalized spacial score (nSPS) is 17.8. The minimum absolute atomic E-state index is 0.112. The molecule has 184 valence electrons. The zero-order valence-electron chi connectivity index (χ0n) is 20.4. The van der Waals surface area contributed by atoms with E-state index in [1.807, 2.05) is 42.5 Å². The standard InChI is InChI=1S/C29H31N5O2/c30-21-24(29(35)36-23-11-5-2-6-12-23)27-28(32-26-14-8-7-13-25(26)31-27)34-19-17-33(18-20-34)16-15-22-9-3-1-4-10-22/h1,3-4,7-10,13-16,23-24H,2,5-6,11-12,17-20H2/b16-15+. The van der Waals surface area contributed by atoms with Gasteiger partial charge in [-0.1, -0.05) is 48.9 Å². The van der Waals surface area contributed by atoms with Crippen LogP contribution in [0.2, 0.25) is 0 Å². The lowest BCUT2D eigenvalue weighted by atomic mass is 9.97. The molecule has 7 nitrogen and oxygen atoms in total. The number of hydrogen-bond acceptors (Lipinski definition) is 7. The Kier molecular flexibility index (Phi) is 7.41. The Bertz CT molecular complexity index is 1260. The van der Waals surface area contributed by atoms with E-state index in [2.05, 4.69) is 40.3 Å². The molecule has 1 aliphatic heterocycles. The molecule has 0 bridgehead atoms. The molecule has 0 N–H and O–H groups in total. The maximum Gasteiger partial charge on any atom is 0.329 e. The molecule has 1 unspecified atom stereocenters. The number of hydrogen-bond donors (Lipinski definition) is 0. The SMILES string of the molecule is N#CC(C(=O)OC1CCCCC1)c1nc2ccccc2nc1N1CCN(/C=C/c2ccccc2)CC1. The number of nitriles is 1. The molecule has 1 aliphatic carbocycles. The van der Waals surface area contributed by atoms with Crippen LogP contribution in [0, 0.1) is 11.3 Å². The molecule has 7 heteroatoms. The third-order valence-corrected chi connectivity index (χ3v) is 6.94. The zero-order valence-corrected chi connectivity index (χ0v) is 20.4. The van der Waals surface area contributed by atoms with Gasteiger partial charge in [0.25, 0.3) is 0 Å². The maximum atomic E-state index is 13.1. The van der Waals surface area contributed by atoms with Gasteiger partial charge in [0.05, 0.1) is 17.1 Å². The smallest absolute Gasteiger partial charge is 0.329 e. The number of piperazine rings is 1. The van der Waals surface area contributed by atoms with Gasteiger partial charge in [-0.05, 0) is 55.7 Å². The summed E-state index contributed by atoms with van der Waals surface area (Å²) in [5.41, 5.74) is 2.98. The Morgan fingerprint density at radius 1 is 0.944 bits per heavy atom. The first kappa shape index (κ1) is 23.8. The van der Waals surface area contributed by atoms with Crippen LogP contribution < -0.4 is 4.90 Å². The van der Waals surface area contributed by atoms with Gasteiger partial charge in [-0.15, -0.1) is 0 Å². The van der Waals surface area contributed by atoms with Crippen LogP contribution in [-0.4, -0.2) is 53.1 Å². The monoisotopic (exact) mass is 481 g/mol. The van der Waals surface area contributed by atoms with E-state index >= 15 is 0 Å². The third kappa shape index (κ3) is 5.49. The number of esters is 1. The molecule has 2 heterocycles. The molecule has 36 heavy (non-hydrogen) atoms. The van der Waals surface area contributed by atoms with Crippen LogP contribution in [-0.2, 0) is 9.53 Å². The van der Waals surface area contributed by atoms with Crippen molar-refractivity contribution in [3.05, 3.63) is 72.1 Å². The molecule has 1 atom stereocenters. The van der Waals surface area contributed by atoms with Crippen LogP contribution in [0.25, 0.3) is 17.1 Å². The number of anilines is 1. The van der Waals surface area contributed by atoms with Crippen molar-refractivity contribution >= 4 is 28.9 Å². The van der Waals surface area contributed by atoms with Gasteiger partial charge < -0.3 is 14.5 Å². The van der Waals surface area contributed by atoms with Crippen molar-refractivity contribution < 1.29 is 9.53 Å². The summed E-state index contributed by atoms with van der Waals surface area (Å²) < 4.78 is 5.78. The van der Waals surface area contributed by atoms with E-state index in [9.17, 15) is 10.1 Å². The molecule has 0 amide bonds. The van der Waals surface area contributed by atoms with Gasteiger partial charge in [0.15, 0.2) is 11.7 Å². The molecule has 2 aromatic carbocycles.